The van der Waals surface area contributed by atoms with Crippen LogP contribution in [0.1, 0.15) is 5.69 Å². The van der Waals surface area contributed by atoms with E-state index in [1.54, 1.807) is 4.57 Å². The van der Waals surface area contributed by atoms with E-state index in [9.17, 15) is 0 Å². The van der Waals surface area contributed by atoms with Crippen LogP contribution in [0.5, 0.6) is 0 Å². The zero-order chi connectivity index (χ0) is 10.3. The van der Waals surface area contributed by atoms with Crippen LogP contribution in [0.2, 0.25) is 0 Å². The average Bonchev–Trinajstić information content (AvgIpc) is 2.61. The van der Waals surface area contributed by atoms with Crippen LogP contribution in [0.15, 0.2) is 6.07 Å². The number of rotatable bonds is 1. The van der Waals surface area contributed by atoms with Gasteiger partial charge in [0, 0.05) is 19.8 Å². The first kappa shape index (κ1) is 9.14. The SMILES string of the molecule is Cc1cc(-c2n[nH]c(=S)n2C)nn1C. The molecule has 0 aliphatic carbocycles. The largest absolute Gasteiger partial charge is 0.302 e. The molecule has 0 amide bonds. The molecule has 0 fully saturated rings. The Morgan fingerprint density at radius 3 is 2.57 bits per heavy atom. The van der Waals surface area contributed by atoms with Crippen LogP contribution in [-0.2, 0) is 14.1 Å². The minimum atomic E-state index is 0.600. The van der Waals surface area contributed by atoms with E-state index in [0.717, 1.165) is 17.2 Å². The third-order valence-electron chi connectivity index (χ3n) is 2.22. The minimum absolute atomic E-state index is 0.600. The van der Waals surface area contributed by atoms with E-state index in [4.69, 9.17) is 12.2 Å². The van der Waals surface area contributed by atoms with E-state index >= 15 is 0 Å². The second-order valence-corrected chi connectivity index (χ2v) is 3.59. The summed E-state index contributed by atoms with van der Waals surface area (Å²) in [6, 6.07) is 1.98. The first-order chi connectivity index (χ1) is 6.59. The number of aryl methyl sites for hydroxylation is 2. The zero-order valence-electron chi connectivity index (χ0n) is 8.27. The smallest absolute Gasteiger partial charge is 0.195 e. The number of H-pyrrole nitrogens is 1. The molecule has 74 valence electrons. The highest BCUT2D eigenvalue weighted by Crippen LogP contribution is 2.14. The Bertz CT molecular complexity index is 499. The highest BCUT2D eigenvalue weighted by molar-refractivity contribution is 7.71. The molecule has 0 saturated carbocycles. The maximum Gasteiger partial charge on any atom is 0.195 e. The molecule has 0 unspecified atom stereocenters. The van der Waals surface area contributed by atoms with Crippen molar-refractivity contribution in [1.82, 2.24) is 24.5 Å². The lowest BCUT2D eigenvalue weighted by atomic mass is 10.3. The number of nitrogens with zero attached hydrogens (tertiary/aromatic N) is 4. The van der Waals surface area contributed by atoms with Crippen LogP contribution in [0, 0.1) is 11.7 Å². The fourth-order valence-corrected chi connectivity index (χ4v) is 1.38. The summed E-state index contributed by atoms with van der Waals surface area (Å²) in [7, 11) is 3.77. The summed E-state index contributed by atoms with van der Waals surface area (Å²) in [5.41, 5.74) is 1.92. The Kier molecular flexibility index (Phi) is 1.99. The predicted octanol–water partition coefficient (Wildman–Crippen LogP) is 1.19. The first-order valence-corrected chi connectivity index (χ1v) is 4.63. The van der Waals surface area contributed by atoms with Crippen molar-refractivity contribution in [2.24, 2.45) is 14.1 Å². The van der Waals surface area contributed by atoms with Crippen molar-refractivity contribution in [2.75, 3.05) is 0 Å². The van der Waals surface area contributed by atoms with Gasteiger partial charge in [-0.2, -0.15) is 10.2 Å². The Balaban J connectivity index is 2.60. The van der Waals surface area contributed by atoms with Gasteiger partial charge in [0.2, 0.25) is 0 Å². The lowest BCUT2D eigenvalue weighted by Gasteiger charge is -1.93. The van der Waals surface area contributed by atoms with Crippen molar-refractivity contribution in [2.45, 2.75) is 6.92 Å². The first-order valence-electron chi connectivity index (χ1n) is 4.22. The van der Waals surface area contributed by atoms with E-state index in [1.165, 1.54) is 0 Å². The number of aromatic amines is 1. The molecule has 14 heavy (non-hydrogen) atoms. The topological polar surface area (TPSA) is 51.4 Å². The fraction of sp³-hybridized carbons (Fsp3) is 0.375. The number of aromatic nitrogens is 5. The third kappa shape index (κ3) is 1.27. The van der Waals surface area contributed by atoms with Gasteiger partial charge in [-0.15, -0.1) is 0 Å². The Labute approximate surface area is 86.4 Å². The van der Waals surface area contributed by atoms with Gasteiger partial charge in [-0.1, -0.05) is 0 Å². The molecular formula is C8H11N5S. The van der Waals surface area contributed by atoms with Crippen molar-refractivity contribution >= 4 is 12.2 Å². The fourth-order valence-electron chi connectivity index (χ4n) is 1.25. The summed E-state index contributed by atoms with van der Waals surface area (Å²) in [5.74, 6) is 0.763. The Morgan fingerprint density at radius 1 is 1.43 bits per heavy atom. The van der Waals surface area contributed by atoms with Gasteiger partial charge in [-0.05, 0) is 25.2 Å². The maximum atomic E-state index is 5.02. The van der Waals surface area contributed by atoms with Crippen molar-refractivity contribution in [3.63, 3.8) is 0 Å². The van der Waals surface area contributed by atoms with Crippen molar-refractivity contribution in [3.8, 4) is 11.5 Å². The van der Waals surface area contributed by atoms with Gasteiger partial charge >= 0.3 is 0 Å². The van der Waals surface area contributed by atoms with E-state index < -0.39 is 0 Å². The quantitative estimate of drug-likeness (QED) is 0.718. The molecule has 1 N–H and O–H groups in total. The molecule has 2 aromatic rings. The summed E-state index contributed by atoms with van der Waals surface area (Å²) in [4.78, 5) is 0. The molecule has 0 bridgehead atoms. The Morgan fingerprint density at radius 2 is 2.14 bits per heavy atom. The minimum Gasteiger partial charge on any atom is -0.302 e. The van der Waals surface area contributed by atoms with E-state index in [2.05, 4.69) is 15.3 Å². The average molecular weight is 209 g/mol. The molecule has 2 rings (SSSR count). The lowest BCUT2D eigenvalue weighted by molar-refractivity contribution is 0.739. The maximum absolute atomic E-state index is 5.02. The van der Waals surface area contributed by atoms with Gasteiger partial charge < -0.3 is 4.57 Å². The second-order valence-electron chi connectivity index (χ2n) is 3.21. The van der Waals surface area contributed by atoms with E-state index in [1.807, 2.05) is 31.8 Å². The number of nitrogens with one attached hydrogen (secondary N) is 1. The summed E-state index contributed by atoms with van der Waals surface area (Å²) < 4.78 is 4.22. The standard InChI is InChI=1S/C8H11N5S/c1-5-4-6(11-13(5)3)7-9-10-8(14)12(7)2/h4H,1-3H3,(H,10,14). The second kappa shape index (κ2) is 3.06. The molecule has 0 spiro atoms. The van der Waals surface area contributed by atoms with Crippen LogP contribution in [0.3, 0.4) is 0 Å². The normalized spacial score (nSPS) is 10.8. The van der Waals surface area contributed by atoms with Crippen LogP contribution in [0.4, 0.5) is 0 Å². The van der Waals surface area contributed by atoms with Gasteiger partial charge in [0.05, 0.1) is 0 Å². The van der Waals surface area contributed by atoms with E-state index in [-0.39, 0.29) is 0 Å². The molecular weight excluding hydrogens is 198 g/mol. The van der Waals surface area contributed by atoms with Crippen molar-refractivity contribution in [3.05, 3.63) is 16.5 Å². The Hall–Kier alpha value is -1.43. The third-order valence-corrected chi connectivity index (χ3v) is 2.59. The molecule has 0 saturated heterocycles. The molecule has 0 aromatic carbocycles. The van der Waals surface area contributed by atoms with Gasteiger partial charge in [0.25, 0.3) is 0 Å². The molecule has 0 atom stereocenters. The molecule has 0 aliphatic heterocycles. The van der Waals surface area contributed by atoms with Crippen LogP contribution in [0.25, 0.3) is 11.5 Å². The van der Waals surface area contributed by atoms with Crippen LogP contribution in [-0.4, -0.2) is 24.5 Å². The van der Waals surface area contributed by atoms with Crippen LogP contribution >= 0.6 is 12.2 Å². The van der Waals surface area contributed by atoms with Crippen LogP contribution < -0.4 is 0 Å². The van der Waals surface area contributed by atoms with Gasteiger partial charge in [-0.3, -0.25) is 9.78 Å². The molecule has 5 nitrogen and oxygen atoms in total. The summed E-state index contributed by atoms with van der Waals surface area (Å²) in [6.07, 6.45) is 0. The molecule has 6 heteroatoms. The highest BCUT2D eigenvalue weighted by Gasteiger charge is 2.09. The predicted molar refractivity (Wildman–Crippen MR) is 55.3 cm³/mol. The van der Waals surface area contributed by atoms with Crippen molar-refractivity contribution < 1.29 is 0 Å². The number of hydrogen-bond donors (Lipinski definition) is 1. The summed E-state index contributed by atoms with van der Waals surface area (Å²) in [6.45, 7) is 2.00. The molecule has 0 radical (unpaired) electrons. The van der Waals surface area contributed by atoms with Gasteiger partial charge in [0.15, 0.2) is 10.6 Å². The molecule has 0 aliphatic rings. The zero-order valence-corrected chi connectivity index (χ0v) is 9.09. The number of hydrogen-bond acceptors (Lipinski definition) is 3. The summed E-state index contributed by atoms with van der Waals surface area (Å²) in [5, 5.41) is 11.2. The monoisotopic (exact) mass is 209 g/mol. The summed E-state index contributed by atoms with van der Waals surface area (Å²) >= 11 is 5.02. The highest BCUT2D eigenvalue weighted by atomic mass is 32.1. The lowest BCUT2D eigenvalue weighted by Crippen LogP contribution is -1.95. The van der Waals surface area contributed by atoms with Gasteiger partial charge in [-0.25, -0.2) is 0 Å². The molecule has 2 heterocycles. The van der Waals surface area contributed by atoms with Gasteiger partial charge in [0.1, 0.15) is 5.69 Å². The van der Waals surface area contributed by atoms with Crippen molar-refractivity contribution in [1.29, 1.82) is 0 Å². The molecule has 2 aromatic heterocycles. The van der Waals surface area contributed by atoms with E-state index in [0.29, 0.717) is 4.77 Å².